The van der Waals surface area contributed by atoms with Gasteiger partial charge in [0.25, 0.3) is 5.56 Å². The molecule has 2 aromatic rings. The van der Waals surface area contributed by atoms with Gasteiger partial charge in [-0.25, -0.2) is 4.39 Å². The Balaban J connectivity index is 1.58. The number of aliphatic hydroxyl groups is 1. The third-order valence-electron chi connectivity index (χ3n) is 7.39. The molecule has 2 N–H and O–H groups in total. The summed E-state index contributed by atoms with van der Waals surface area (Å²) in [5, 5.41) is 20.1. The highest BCUT2D eigenvalue weighted by atomic mass is 19.1. The Morgan fingerprint density at radius 3 is 2.66 bits per heavy atom. The van der Waals surface area contributed by atoms with Gasteiger partial charge >= 0.3 is 5.97 Å². The van der Waals surface area contributed by atoms with Gasteiger partial charge in [0, 0.05) is 48.4 Å². The van der Waals surface area contributed by atoms with E-state index in [1.165, 1.54) is 6.07 Å². The quantitative estimate of drug-likeness (QED) is 0.749. The Morgan fingerprint density at radius 1 is 1.16 bits per heavy atom. The van der Waals surface area contributed by atoms with Crippen LogP contribution in [0.2, 0.25) is 0 Å². The van der Waals surface area contributed by atoms with Crippen LogP contribution in [0.1, 0.15) is 48.5 Å². The fraction of sp³-hybridized carbons (Fsp3) is 0.440. The Bertz CT molecular complexity index is 1140. The lowest BCUT2D eigenvalue weighted by molar-refractivity contribution is -0.145. The zero-order valence-corrected chi connectivity index (χ0v) is 17.8. The van der Waals surface area contributed by atoms with E-state index < -0.39 is 23.7 Å². The van der Waals surface area contributed by atoms with Crippen LogP contribution in [-0.4, -0.2) is 38.3 Å². The van der Waals surface area contributed by atoms with E-state index in [0.717, 1.165) is 37.0 Å². The molecule has 0 unspecified atom stereocenters. The highest BCUT2D eigenvalue weighted by molar-refractivity contribution is 5.75. The monoisotopic (exact) mass is 438 g/mol. The van der Waals surface area contributed by atoms with Crippen molar-refractivity contribution in [3.05, 3.63) is 75.5 Å². The maximum absolute atomic E-state index is 14.4. The summed E-state index contributed by atoms with van der Waals surface area (Å²) >= 11 is 0. The second-order valence-corrected chi connectivity index (χ2v) is 9.06. The molecule has 3 aliphatic rings. The molecule has 3 heterocycles. The van der Waals surface area contributed by atoms with E-state index in [1.807, 2.05) is 12.1 Å². The molecule has 6 nitrogen and oxygen atoms in total. The Kier molecular flexibility index (Phi) is 5.47. The molecule has 1 saturated heterocycles. The highest BCUT2D eigenvalue weighted by Gasteiger charge is 2.55. The Hall–Kier alpha value is -2.77. The van der Waals surface area contributed by atoms with Gasteiger partial charge in [-0.3, -0.25) is 14.5 Å². The first-order chi connectivity index (χ1) is 15.5. The van der Waals surface area contributed by atoms with Crippen LogP contribution in [0.3, 0.4) is 0 Å². The van der Waals surface area contributed by atoms with Crippen LogP contribution in [0, 0.1) is 17.7 Å². The molecule has 0 saturated carbocycles. The lowest BCUT2D eigenvalue weighted by Crippen LogP contribution is -2.42. The third-order valence-corrected chi connectivity index (χ3v) is 7.39. The summed E-state index contributed by atoms with van der Waals surface area (Å²) in [4.78, 5) is 27.3. The number of fused-ring (bicyclic) bond motifs is 3. The van der Waals surface area contributed by atoms with Gasteiger partial charge in [-0.2, -0.15) is 0 Å². The smallest absolute Gasteiger partial charge is 0.321 e. The molecule has 1 fully saturated rings. The lowest BCUT2D eigenvalue weighted by Gasteiger charge is -2.29. The van der Waals surface area contributed by atoms with E-state index in [-0.39, 0.29) is 30.7 Å². The van der Waals surface area contributed by atoms with E-state index >= 15 is 0 Å². The fourth-order valence-electron chi connectivity index (χ4n) is 5.92. The minimum absolute atomic E-state index is 0.0561. The molecule has 0 radical (unpaired) electrons. The summed E-state index contributed by atoms with van der Waals surface area (Å²) in [6.45, 7) is 0.164. The number of nitrogens with zero attached hydrogens (tertiary/aromatic N) is 2. The van der Waals surface area contributed by atoms with Crippen LogP contribution < -0.4 is 5.56 Å². The van der Waals surface area contributed by atoms with Crippen molar-refractivity contribution < 1.29 is 19.4 Å². The number of carboxylic acids is 1. The first-order valence-corrected chi connectivity index (χ1v) is 11.3. The maximum Gasteiger partial charge on any atom is 0.321 e. The van der Waals surface area contributed by atoms with Gasteiger partial charge in [-0.15, -0.1) is 0 Å². The number of allylic oxidation sites excluding steroid dienone is 2. The Labute approximate surface area is 185 Å². The number of pyridine rings is 1. The molecule has 1 aromatic heterocycles. The number of rotatable bonds is 5. The molecule has 0 bridgehead atoms. The summed E-state index contributed by atoms with van der Waals surface area (Å²) in [5.41, 5.74) is 2.89. The van der Waals surface area contributed by atoms with Crippen molar-refractivity contribution in [2.24, 2.45) is 11.8 Å². The molecule has 168 valence electrons. The number of hydrogen-bond acceptors (Lipinski definition) is 4. The number of benzene rings is 1. The third kappa shape index (κ3) is 3.31. The van der Waals surface area contributed by atoms with Crippen molar-refractivity contribution in [2.45, 2.75) is 50.9 Å². The second-order valence-electron chi connectivity index (χ2n) is 9.06. The molecule has 1 aromatic carbocycles. The van der Waals surface area contributed by atoms with Gasteiger partial charge < -0.3 is 14.8 Å². The van der Waals surface area contributed by atoms with Crippen molar-refractivity contribution in [3.8, 4) is 0 Å². The minimum atomic E-state index is -1.03. The van der Waals surface area contributed by atoms with Gasteiger partial charge in [0.2, 0.25) is 0 Å². The number of aliphatic carboxylic acids is 1. The second kappa shape index (κ2) is 8.30. The van der Waals surface area contributed by atoms with Gasteiger partial charge in [-0.05, 0) is 49.5 Å². The van der Waals surface area contributed by atoms with E-state index in [0.29, 0.717) is 17.7 Å². The van der Waals surface area contributed by atoms with Crippen LogP contribution in [0.5, 0.6) is 0 Å². The predicted molar refractivity (Wildman–Crippen MR) is 117 cm³/mol. The van der Waals surface area contributed by atoms with Gasteiger partial charge in [0.1, 0.15) is 11.9 Å². The summed E-state index contributed by atoms with van der Waals surface area (Å²) in [6, 6.07) is 8.80. The molecular weight excluding hydrogens is 411 g/mol. The standard InChI is InChI=1S/C25H27FN2O4/c26-20-9-5-4-8-16(20)12-28-22-18(19(14-29)23(28)25(31)32)13-27-21(22)11-10-17(24(27)30)15-6-2-1-3-7-15/h4-6,8-11,18-19,22-23,29H,1-3,7,12-14H2,(H,31,32)/t18-,19-,22+,23-/m1/s1. The van der Waals surface area contributed by atoms with Crippen LogP contribution >= 0.6 is 0 Å². The highest BCUT2D eigenvalue weighted by Crippen LogP contribution is 2.50. The van der Waals surface area contributed by atoms with Crippen molar-refractivity contribution >= 4 is 11.5 Å². The molecular formula is C25H27FN2O4. The predicted octanol–water partition coefficient (Wildman–Crippen LogP) is 3.19. The number of carboxylic acid groups (broad SMARTS) is 1. The van der Waals surface area contributed by atoms with Crippen LogP contribution in [-0.2, 0) is 17.9 Å². The van der Waals surface area contributed by atoms with Crippen molar-refractivity contribution in [1.82, 2.24) is 9.47 Å². The number of aromatic nitrogens is 1. The van der Waals surface area contributed by atoms with Crippen LogP contribution in [0.25, 0.3) is 5.57 Å². The first kappa shape index (κ1) is 21.1. The summed E-state index contributed by atoms with van der Waals surface area (Å²) < 4.78 is 16.2. The summed E-state index contributed by atoms with van der Waals surface area (Å²) in [5.74, 6) is -2.19. The molecule has 4 atom stereocenters. The molecule has 32 heavy (non-hydrogen) atoms. The van der Waals surface area contributed by atoms with Gasteiger partial charge in [0.05, 0.1) is 6.04 Å². The molecule has 5 rings (SSSR count). The summed E-state index contributed by atoms with van der Waals surface area (Å²) in [7, 11) is 0. The number of likely N-dealkylation sites (tertiary alicyclic amines) is 1. The van der Waals surface area contributed by atoms with Crippen molar-refractivity contribution in [2.75, 3.05) is 6.61 Å². The zero-order chi connectivity index (χ0) is 22.4. The van der Waals surface area contributed by atoms with Gasteiger partial charge in [-0.1, -0.05) is 24.3 Å². The van der Waals surface area contributed by atoms with Crippen molar-refractivity contribution in [3.63, 3.8) is 0 Å². The average Bonchev–Trinajstić information content (AvgIpc) is 3.32. The first-order valence-electron chi connectivity index (χ1n) is 11.3. The molecule has 0 spiro atoms. The average molecular weight is 438 g/mol. The topological polar surface area (TPSA) is 82.8 Å². The summed E-state index contributed by atoms with van der Waals surface area (Å²) in [6.07, 6.45) is 6.22. The van der Waals surface area contributed by atoms with E-state index in [1.54, 1.807) is 27.7 Å². The molecule has 2 aliphatic heterocycles. The number of halogens is 1. The van der Waals surface area contributed by atoms with E-state index in [2.05, 4.69) is 6.08 Å². The van der Waals surface area contributed by atoms with Crippen LogP contribution in [0.4, 0.5) is 4.39 Å². The minimum Gasteiger partial charge on any atom is -0.480 e. The molecule has 0 amide bonds. The van der Waals surface area contributed by atoms with Crippen LogP contribution in [0.15, 0.2) is 47.3 Å². The lowest BCUT2D eigenvalue weighted by atomic mass is 9.88. The Morgan fingerprint density at radius 2 is 1.97 bits per heavy atom. The SMILES string of the molecule is O=C(O)[C@H]1[C@H](CO)[C@H]2Cn3c(ccc(C4=CCCCC4)c3=O)[C@H]2N1Cc1ccccc1F. The number of carbonyl (C=O) groups is 1. The van der Waals surface area contributed by atoms with E-state index in [4.69, 9.17) is 0 Å². The molecule has 7 heteroatoms. The van der Waals surface area contributed by atoms with Crippen molar-refractivity contribution in [1.29, 1.82) is 0 Å². The fourth-order valence-corrected chi connectivity index (χ4v) is 5.92. The number of aliphatic hydroxyl groups excluding tert-OH is 1. The normalized spacial score (nSPS) is 27.1. The molecule has 1 aliphatic carbocycles. The zero-order valence-electron chi connectivity index (χ0n) is 17.8. The van der Waals surface area contributed by atoms with Gasteiger partial charge in [0.15, 0.2) is 0 Å². The maximum atomic E-state index is 14.4. The van der Waals surface area contributed by atoms with E-state index in [9.17, 15) is 24.2 Å². The number of hydrogen-bond donors (Lipinski definition) is 2. The largest absolute Gasteiger partial charge is 0.480 e.